The molecule has 0 rings (SSSR count). The van der Waals surface area contributed by atoms with Crippen LogP contribution in [0.4, 0.5) is 0 Å². The molecule has 52 heavy (non-hydrogen) atoms. The molecule has 9 nitrogen and oxygen atoms in total. The van der Waals surface area contributed by atoms with Crippen molar-refractivity contribution >= 4 is 19.8 Å². The van der Waals surface area contributed by atoms with Crippen LogP contribution < -0.4 is 4.89 Å². The van der Waals surface area contributed by atoms with Gasteiger partial charge in [0.15, 0.2) is 6.10 Å². The van der Waals surface area contributed by atoms with E-state index in [9.17, 15) is 19.0 Å². The van der Waals surface area contributed by atoms with Gasteiger partial charge in [-0.2, -0.15) is 0 Å². The lowest BCUT2D eigenvalue weighted by Crippen LogP contribution is -2.37. The molecule has 0 saturated carbocycles. The zero-order valence-corrected chi connectivity index (χ0v) is 34.4. The Bertz CT molecular complexity index is 1080. The van der Waals surface area contributed by atoms with E-state index in [0.717, 1.165) is 57.8 Å². The fourth-order valence-electron chi connectivity index (χ4n) is 4.80. The van der Waals surface area contributed by atoms with Crippen molar-refractivity contribution in [1.29, 1.82) is 0 Å². The summed E-state index contributed by atoms with van der Waals surface area (Å²) in [5, 5.41) is 0. The third kappa shape index (κ3) is 37.5. The van der Waals surface area contributed by atoms with E-state index < -0.39 is 32.5 Å². The van der Waals surface area contributed by atoms with Crippen molar-refractivity contribution in [3.05, 3.63) is 60.8 Å². The zero-order chi connectivity index (χ0) is 38.6. The van der Waals surface area contributed by atoms with Crippen LogP contribution in [0.1, 0.15) is 142 Å². The summed E-state index contributed by atoms with van der Waals surface area (Å²) in [5.41, 5.74) is 0. The minimum atomic E-state index is -4.64. The molecule has 0 radical (unpaired) electrons. The summed E-state index contributed by atoms with van der Waals surface area (Å²) in [4.78, 5) is 37.3. The molecule has 0 heterocycles. The molecule has 0 aromatic heterocycles. The standard InChI is InChI=1S/C42H74NO8P/c1-6-8-10-12-14-16-18-19-20-21-22-23-25-27-29-31-33-35-42(45)51-40(39-50-52(46,47)49-37-36-43(3,4)5)38-48-41(44)34-32-30-28-26-24-17-15-13-11-9-7-2/h13-16,19-20,22-23,27,29,40H,6-12,17-18,21,24-26,28,30-39H2,1-5H3/b15-13-,16-14-,20-19-,23-22-,29-27-/t40-/m1/s1. The summed E-state index contributed by atoms with van der Waals surface area (Å²) < 4.78 is 33.7. The maximum Gasteiger partial charge on any atom is 0.306 e. The molecular formula is C42H74NO8P. The maximum atomic E-state index is 12.6. The van der Waals surface area contributed by atoms with Crippen LogP contribution in [0, 0.1) is 0 Å². The molecule has 0 saturated heterocycles. The summed E-state index contributed by atoms with van der Waals surface area (Å²) in [6, 6.07) is 0. The molecule has 0 amide bonds. The fourth-order valence-corrected chi connectivity index (χ4v) is 5.53. The normalized spacial score (nSPS) is 14.3. The van der Waals surface area contributed by atoms with E-state index in [4.69, 9.17) is 18.5 Å². The number of carbonyl (C=O) groups excluding carboxylic acids is 2. The van der Waals surface area contributed by atoms with E-state index in [2.05, 4.69) is 68.5 Å². The van der Waals surface area contributed by atoms with Crippen molar-refractivity contribution in [1.82, 2.24) is 0 Å². The highest BCUT2D eigenvalue weighted by Crippen LogP contribution is 2.38. The molecular weight excluding hydrogens is 677 g/mol. The van der Waals surface area contributed by atoms with E-state index in [-0.39, 0.29) is 26.1 Å². The Morgan fingerprint density at radius 1 is 0.596 bits per heavy atom. The van der Waals surface area contributed by atoms with Gasteiger partial charge in [-0.1, -0.05) is 120 Å². The highest BCUT2D eigenvalue weighted by molar-refractivity contribution is 7.45. The summed E-state index contributed by atoms with van der Waals surface area (Å²) in [6.07, 6.45) is 39.7. The number of nitrogens with zero attached hydrogens (tertiary/aromatic N) is 1. The predicted octanol–water partition coefficient (Wildman–Crippen LogP) is 10.3. The van der Waals surface area contributed by atoms with Gasteiger partial charge in [0.05, 0.1) is 27.7 Å². The number of allylic oxidation sites excluding steroid dienone is 10. The first-order valence-corrected chi connectivity index (χ1v) is 21.5. The Kier molecular flexibility index (Phi) is 33.0. The first-order chi connectivity index (χ1) is 25.0. The van der Waals surface area contributed by atoms with Crippen LogP contribution in [0.25, 0.3) is 0 Å². The second kappa shape index (κ2) is 34.5. The molecule has 0 aromatic carbocycles. The number of phosphoric acid groups is 1. The quantitative estimate of drug-likeness (QED) is 0.0207. The maximum absolute atomic E-state index is 12.6. The summed E-state index contributed by atoms with van der Waals surface area (Å²) in [5.74, 6) is -0.919. The number of ether oxygens (including phenoxy) is 2. The Hall–Kier alpha value is -2.29. The van der Waals surface area contributed by atoms with Crippen LogP contribution >= 0.6 is 7.82 Å². The van der Waals surface area contributed by atoms with Gasteiger partial charge in [0.25, 0.3) is 7.82 Å². The smallest absolute Gasteiger partial charge is 0.306 e. The highest BCUT2D eigenvalue weighted by atomic mass is 31.2. The average molecular weight is 752 g/mol. The van der Waals surface area contributed by atoms with Gasteiger partial charge in [-0.3, -0.25) is 14.2 Å². The number of esters is 2. The first kappa shape index (κ1) is 49.7. The topological polar surface area (TPSA) is 111 Å². The van der Waals surface area contributed by atoms with Crippen LogP contribution in [0.2, 0.25) is 0 Å². The molecule has 0 fully saturated rings. The monoisotopic (exact) mass is 752 g/mol. The van der Waals surface area contributed by atoms with E-state index in [1.54, 1.807) is 0 Å². The second-order valence-electron chi connectivity index (χ2n) is 14.3. The SMILES string of the molecule is CCCC/C=C\CCCCCCCC(=O)OC[C@H](COP(=O)([O-])OCC[N+](C)(C)C)OC(=O)CCC/C=C\C/C=C\C/C=C\C/C=C\CCCCC. The lowest BCUT2D eigenvalue weighted by atomic mass is 10.1. The molecule has 0 aromatic rings. The Balaban J connectivity index is 4.54. The fraction of sp³-hybridized carbons (Fsp3) is 0.714. The summed E-state index contributed by atoms with van der Waals surface area (Å²) in [7, 11) is 1.12. The molecule has 0 aliphatic carbocycles. The summed E-state index contributed by atoms with van der Waals surface area (Å²) in [6.45, 7) is 4.05. The van der Waals surface area contributed by atoms with Gasteiger partial charge in [-0.15, -0.1) is 0 Å². The number of likely N-dealkylation sites (N-methyl/N-ethyl adjacent to an activating group) is 1. The van der Waals surface area contributed by atoms with Crippen LogP contribution in [0.3, 0.4) is 0 Å². The molecule has 0 N–H and O–H groups in total. The predicted molar refractivity (Wildman–Crippen MR) is 213 cm³/mol. The Morgan fingerprint density at radius 2 is 1.08 bits per heavy atom. The Labute approximate surface area is 317 Å². The lowest BCUT2D eigenvalue weighted by Gasteiger charge is -2.28. The van der Waals surface area contributed by atoms with Crippen LogP contribution in [0.5, 0.6) is 0 Å². The molecule has 0 aliphatic heterocycles. The van der Waals surface area contributed by atoms with E-state index >= 15 is 0 Å². The second-order valence-corrected chi connectivity index (χ2v) is 15.7. The number of quaternary nitrogens is 1. The third-order valence-electron chi connectivity index (χ3n) is 8.01. The van der Waals surface area contributed by atoms with Crippen molar-refractivity contribution in [2.45, 2.75) is 148 Å². The van der Waals surface area contributed by atoms with Crippen molar-refractivity contribution < 1.29 is 42.1 Å². The largest absolute Gasteiger partial charge is 0.756 e. The van der Waals surface area contributed by atoms with Gasteiger partial charge in [0, 0.05) is 12.8 Å². The van der Waals surface area contributed by atoms with E-state index in [1.165, 1.54) is 38.5 Å². The van der Waals surface area contributed by atoms with Crippen molar-refractivity contribution in [2.75, 3.05) is 47.5 Å². The molecule has 300 valence electrons. The minimum Gasteiger partial charge on any atom is -0.756 e. The molecule has 1 unspecified atom stereocenters. The molecule has 0 aliphatic rings. The first-order valence-electron chi connectivity index (χ1n) is 20.0. The van der Waals surface area contributed by atoms with Gasteiger partial charge in [-0.25, -0.2) is 0 Å². The van der Waals surface area contributed by atoms with E-state index in [1.807, 2.05) is 27.2 Å². The Morgan fingerprint density at radius 3 is 1.67 bits per heavy atom. The van der Waals surface area contributed by atoms with Gasteiger partial charge in [0.1, 0.15) is 19.8 Å². The van der Waals surface area contributed by atoms with Crippen molar-refractivity contribution in [3.8, 4) is 0 Å². The van der Waals surface area contributed by atoms with Gasteiger partial charge in [0.2, 0.25) is 0 Å². The third-order valence-corrected chi connectivity index (χ3v) is 8.97. The van der Waals surface area contributed by atoms with Crippen LogP contribution in [-0.4, -0.2) is 70.0 Å². The van der Waals surface area contributed by atoms with Gasteiger partial charge in [-0.05, 0) is 70.6 Å². The van der Waals surface area contributed by atoms with Crippen molar-refractivity contribution in [2.24, 2.45) is 0 Å². The summed E-state index contributed by atoms with van der Waals surface area (Å²) >= 11 is 0. The number of hydrogen-bond donors (Lipinski definition) is 0. The molecule has 2 atom stereocenters. The van der Waals surface area contributed by atoms with Gasteiger partial charge >= 0.3 is 11.9 Å². The number of carbonyl (C=O) groups is 2. The van der Waals surface area contributed by atoms with Crippen LogP contribution in [-0.2, 0) is 32.7 Å². The minimum absolute atomic E-state index is 0.0448. The molecule has 0 spiro atoms. The number of unbranched alkanes of at least 4 members (excludes halogenated alkanes) is 11. The number of phosphoric ester groups is 1. The molecule has 0 bridgehead atoms. The van der Waals surface area contributed by atoms with Gasteiger partial charge < -0.3 is 27.9 Å². The lowest BCUT2D eigenvalue weighted by molar-refractivity contribution is -0.870. The highest BCUT2D eigenvalue weighted by Gasteiger charge is 2.21. The number of rotatable bonds is 35. The van der Waals surface area contributed by atoms with Crippen molar-refractivity contribution in [3.63, 3.8) is 0 Å². The average Bonchev–Trinajstić information content (AvgIpc) is 3.09. The van der Waals surface area contributed by atoms with E-state index in [0.29, 0.717) is 30.3 Å². The van der Waals surface area contributed by atoms with Crippen LogP contribution in [0.15, 0.2) is 60.8 Å². The number of hydrogen-bond acceptors (Lipinski definition) is 8. The zero-order valence-electron chi connectivity index (χ0n) is 33.5. The molecule has 10 heteroatoms.